The van der Waals surface area contributed by atoms with Crippen LogP contribution < -0.4 is 4.90 Å². The SMILES string of the molecule is c1ccc(C2(c3ccccc3)c3ccccc3-c3ccc(-c4ccc(N(c5ccc6c(c5)C(c5ccccc5)(c5ccccc5)c5ccccc5-6)c5cccc6oc7ccccc7c56)cc4)cc32)cc1. The number of furan rings is 1. The Morgan fingerprint density at radius 2 is 0.714 bits per heavy atom. The maximum atomic E-state index is 6.57. The van der Waals surface area contributed by atoms with Crippen LogP contribution in [-0.2, 0) is 10.8 Å². The maximum absolute atomic E-state index is 6.57. The molecule has 0 spiro atoms. The molecule has 328 valence electrons. The van der Waals surface area contributed by atoms with E-state index in [1.807, 2.05) is 6.07 Å². The fourth-order valence-corrected chi connectivity index (χ4v) is 12.4. The van der Waals surface area contributed by atoms with Crippen LogP contribution in [0.25, 0.3) is 55.3 Å². The van der Waals surface area contributed by atoms with Crippen molar-refractivity contribution in [2.75, 3.05) is 4.90 Å². The first-order valence-electron chi connectivity index (χ1n) is 24.2. The molecule has 2 aliphatic carbocycles. The Balaban J connectivity index is 0.970. The molecule has 14 rings (SSSR count). The summed E-state index contributed by atoms with van der Waals surface area (Å²) in [7, 11) is 0. The van der Waals surface area contributed by atoms with Crippen LogP contribution in [0.15, 0.2) is 277 Å². The highest BCUT2D eigenvalue weighted by Crippen LogP contribution is 2.59. The number of para-hydroxylation sites is 1. The lowest BCUT2D eigenvalue weighted by atomic mass is 9.67. The first-order valence-corrected chi connectivity index (χ1v) is 24.2. The molecule has 0 amide bonds. The van der Waals surface area contributed by atoms with E-state index >= 15 is 0 Å². The van der Waals surface area contributed by atoms with Crippen molar-refractivity contribution in [1.82, 2.24) is 0 Å². The highest BCUT2D eigenvalue weighted by atomic mass is 16.3. The molecule has 70 heavy (non-hydrogen) atoms. The van der Waals surface area contributed by atoms with Crippen LogP contribution in [0.3, 0.4) is 0 Å². The summed E-state index contributed by atoms with van der Waals surface area (Å²) in [6.07, 6.45) is 0. The van der Waals surface area contributed by atoms with Crippen molar-refractivity contribution in [3.8, 4) is 33.4 Å². The van der Waals surface area contributed by atoms with Gasteiger partial charge >= 0.3 is 0 Å². The van der Waals surface area contributed by atoms with Gasteiger partial charge < -0.3 is 9.32 Å². The number of nitrogens with zero attached hydrogens (tertiary/aromatic N) is 1. The summed E-state index contributed by atoms with van der Waals surface area (Å²) in [6.45, 7) is 0. The second-order valence-electron chi connectivity index (χ2n) is 18.7. The van der Waals surface area contributed by atoms with Crippen LogP contribution in [0.1, 0.15) is 44.5 Å². The van der Waals surface area contributed by atoms with Gasteiger partial charge in [-0.1, -0.05) is 224 Å². The number of fused-ring (bicyclic) bond motifs is 9. The van der Waals surface area contributed by atoms with Gasteiger partial charge in [-0.05, 0) is 126 Å². The quantitative estimate of drug-likeness (QED) is 0.151. The molecule has 0 atom stereocenters. The third-order valence-electron chi connectivity index (χ3n) is 15.2. The van der Waals surface area contributed by atoms with Crippen LogP contribution in [0.5, 0.6) is 0 Å². The zero-order valence-corrected chi connectivity index (χ0v) is 38.3. The minimum atomic E-state index is -0.545. The van der Waals surface area contributed by atoms with Crippen LogP contribution in [0, 0.1) is 0 Å². The van der Waals surface area contributed by atoms with E-state index in [-0.39, 0.29) is 0 Å². The van der Waals surface area contributed by atoms with Gasteiger partial charge in [-0.15, -0.1) is 0 Å². The summed E-state index contributed by atoms with van der Waals surface area (Å²) in [5.41, 5.74) is 21.4. The molecule has 0 saturated heterocycles. The average Bonchev–Trinajstić information content (AvgIpc) is 4.07. The van der Waals surface area contributed by atoms with Crippen molar-refractivity contribution in [2.45, 2.75) is 10.8 Å². The minimum Gasteiger partial charge on any atom is -0.456 e. The first kappa shape index (κ1) is 40.1. The Kier molecular flexibility index (Phi) is 9.06. The molecule has 0 radical (unpaired) electrons. The number of hydrogen-bond donors (Lipinski definition) is 0. The largest absolute Gasteiger partial charge is 0.456 e. The van der Waals surface area contributed by atoms with Gasteiger partial charge in [-0.2, -0.15) is 0 Å². The van der Waals surface area contributed by atoms with E-state index in [1.165, 1.54) is 72.3 Å². The van der Waals surface area contributed by atoms with E-state index < -0.39 is 10.8 Å². The molecule has 1 heterocycles. The predicted octanol–water partition coefficient (Wildman–Crippen LogP) is 17.4. The molecule has 0 bridgehead atoms. The molecular formula is C68H45NO. The molecule has 11 aromatic carbocycles. The fourth-order valence-electron chi connectivity index (χ4n) is 12.4. The van der Waals surface area contributed by atoms with Gasteiger partial charge in [0.1, 0.15) is 11.2 Å². The molecular weight excluding hydrogens is 847 g/mol. The molecule has 0 unspecified atom stereocenters. The molecule has 0 N–H and O–H groups in total. The summed E-state index contributed by atoms with van der Waals surface area (Å²) in [4.78, 5) is 2.44. The molecule has 12 aromatic rings. The van der Waals surface area contributed by atoms with Gasteiger partial charge in [0.05, 0.1) is 21.9 Å². The molecule has 0 fully saturated rings. The van der Waals surface area contributed by atoms with Crippen molar-refractivity contribution >= 4 is 39.0 Å². The number of benzene rings is 11. The number of hydrogen-bond acceptors (Lipinski definition) is 2. The Morgan fingerprint density at radius 1 is 0.286 bits per heavy atom. The smallest absolute Gasteiger partial charge is 0.137 e. The Hall–Kier alpha value is -8.98. The van der Waals surface area contributed by atoms with Crippen LogP contribution >= 0.6 is 0 Å². The fraction of sp³-hybridized carbons (Fsp3) is 0.0294. The van der Waals surface area contributed by atoms with Crippen LogP contribution in [0.2, 0.25) is 0 Å². The summed E-state index contributed by atoms with van der Waals surface area (Å²) < 4.78 is 6.57. The third kappa shape index (κ3) is 5.74. The Labute approximate surface area is 408 Å². The Bertz CT molecular complexity index is 3850. The molecule has 0 saturated carbocycles. The molecule has 1 aromatic heterocycles. The van der Waals surface area contributed by atoms with E-state index in [0.717, 1.165) is 44.6 Å². The van der Waals surface area contributed by atoms with Crippen molar-refractivity contribution in [1.29, 1.82) is 0 Å². The molecule has 2 aliphatic rings. The van der Waals surface area contributed by atoms with Gasteiger partial charge in [-0.3, -0.25) is 0 Å². The van der Waals surface area contributed by atoms with Crippen molar-refractivity contribution in [3.63, 3.8) is 0 Å². The number of rotatable bonds is 8. The summed E-state index contributed by atoms with van der Waals surface area (Å²) in [5.74, 6) is 0. The summed E-state index contributed by atoms with van der Waals surface area (Å²) in [5, 5.41) is 2.17. The number of anilines is 3. The minimum absolute atomic E-state index is 0.477. The monoisotopic (exact) mass is 891 g/mol. The van der Waals surface area contributed by atoms with E-state index in [0.29, 0.717) is 0 Å². The second-order valence-corrected chi connectivity index (χ2v) is 18.7. The molecule has 2 heteroatoms. The Morgan fingerprint density at radius 3 is 1.29 bits per heavy atom. The van der Waals surface area contributed by atoms with Crippen molar-refractivity contribution < 1.29 is 4.42 Å². The lowest BCUT2D eigenvalue weighted by molar-refractivity contribution is 0.669. The lowest BCUT2D eigenvalue weighted by Gasteiger charge is -2.35. The predicted molar refractivity (Wildman–Crippen MR) is 288 cm³/mol. The zero-order valence-electron chi connectivity index (χ0n) is 38.3. The lowest BCUT2D eigenvalue weighted by Crippen LogP contribution is -2.28. The van der Waals surface area contributed by atoms with Gasteiger partial charge in [0.25, 0.3) is 0 Å². The highest BCUT2D eigenvalue weighted by Gasteiger charge is 2.47. The van der Waals surface area contributed by atoms with Gasteiger partial charge in [0.2, 0.25) is 0 Å². The average molecular weight is 892 g/mol. The van der Waals surface area contributed by atoms with Crippen LogP contribution in [0.4, 0.5) is 17.1 Å². The zero-order chi connectivity index (χ0) is 46.2. The van der Waals surface area contributed by atoms with Crippen molar-refractivity contribution in [2.24, 2.45) is 0 Å². The van der Waals surface area contributed by atoms with E-state index in [2.05, 4.69) is 272 Å². The van der Waals surface area contributed by atoms with Gasteiger partial charge in [0, 0.05) is 16.8 Å². The summed E-state index contributed by atoms with van der Waals surface area (Å²) >= 11 is 0. The first-order chi connectivity index (χ1) is 34.7. The van der Waals surface area contributed by atoms with Gasteiger partial charge in [-0.25, -0.2) is 0 Å². The molecule has 0 aliphatic heterocycles. The maximum Gasteiger partial charge on any atom is 0.137 e. The molecule has 2 nitrogen and oxygen atoms in total. The third-order valence-corrected chi connectivity index (χ3v) is 15.2. The van der Waals surface area contributed by atoms with E-state index in [1.54, 1.807) is 0 Å². The highest BCUT2D eigenvalue weighted by molar-refractivity contribution is 6.13. The van der Waals surface area contributed by atoms with Crippen molar-refractivity contribution in [3.05, 3.63) is 317 Å². The topological polar surface area (TPSA) is 16.4 Å². The van der Waals surface area contributed by atoms with E-state index in [9.17, 15) is 0 Å². The standard InChI is InChI=1S/C68H45NO/c1-5-20-48(21-6-1)67(49-22-7-2-8-23-49)59-31-16-13-28-54(59)56-42-38-47(44-61(56)67)46-36-39-52(40-37-46)69(63-33-19-35-65-66(63)58-30-15-18-34-64(58)70-65)53-41-43-57-55-29-14-17-32-60(55)68(62(57)45-53,50-24-9-3-10-25-50)51-26-11-4-12-27-51/h1-45H. The second kappa shape index (κ2) is 15.8. The normalized spacial score (nSPS) is 13.7. The van der Waals surface area contributed by atoms with E-state index in [4.69, 9.17) is 4.42 Å². The van der Waals surface area contributed by atoms with Crippen LogP contribution in [-0.4, -0.2) is 0 Å². The summed E-state index contributed by atoms with van der Waals surface area (Å²) in [6, 6.07) is 100. The van der Waals surface area contributed by atoms with Gasteiger partial charge in [0.15, 0.2) is 0 Å².